The van der Waals surface area contributed by atoms with Gasteiger partial charge in [0.25, 0.3) is 5.91 Å². The summed E-state index contributed by atoms with van der Waals surface area (Å²) in [6.07, 6.45) is -0.967. The van der Waals surface area contributed by atoms with Gasteiger partial charge in [-0.05, 0) is 50.1 Å². The third kappa shape index (κ3) is 4.92. The van der Waals surface area contributed by atoms with Crippen LogP contribution in [0.15, 0.2) is 42.5 Å². The predicted molar refractivity (Wildman–Crippen MR) is 100 cm³/mol. The Balaban J connectivity index is 2.04. The summed E-state index contributed by atoms with van der Waals surface area (Å²) in [4.78, 5) is 35.7. The number of rotatable bonds is 5. The highest BCUT2D eigenvalue weighted by molar-refractivity contribution is 5.99. The number of hydrogen-bond donors (Lipinski definition) is 2. The molecule has 0 aromatic heterocycles. The van der Waals surface area contributed by atoms with Crippen molar-refractivity contribution in [3.8, 4) is 0 Å². The summed E-state index contributed by atoms with van der Waals surface area (Å²) >= 11 is 0. The second-order valence-electron chi connectivity index (χ2n) is 6.07. The highest BCUT2D eigenvalue weighted by atomic mass is 16.5. The van der Waals surface area contributed by atoms with Crippen LogP contribution in [0.1, 0.15) is 35.3 Å². The Bertz CT molecular complexity index is 825. The summed E-state index contributed by atoms with van der Waals surface area (Å²) in [5.41, 5.74) is 3.32. The van der Waals surface area contributed by atoms with E-state index in [4.69, 9.17) is 4.74 Å². The van der Waals surface area contributed by atoms with Crippen LogP contribution in [0, 0.1) is 13.8 Å². The Kier molecular flexibility index (Phi) is 6.11. The van der Waals surface area contributed by atoms with Crippen molar-refractivity contribution in [2.45, 2.75) is 33.8 Å². The number of amides is 2. The molecular formula is C20H22N2O4. The van der Waals surface area contributed by atoms with Gasteiger partial charge in [-0.15, -0.1) is 0 Å². The highest BCUT2D eigenvalue weighted by Gasteiger charge is 2.20. The summed E-state index contributed by atoms with van der Waals surface area (Å²) < 4.78 is 5.25. The number of hydrogen-bond acceptors (Lipinski definition) is 4. The van der Waals surface area contributed by atoms with Crippen molar-refractivity contribution in [1.82, 2.24) is 0 Å². The molecule has 0 unspecified atom stereocenters. The number of carbonyl (C=O) groups excluding carboxylic acids is 3. The van der Waals surface area contributed by atoms with Gasteiger partial charge in [-0.3, -0.25) is 9.59 Å². The highest BCUT2D eigenvalue weighted by Crippen LogP contribution is 2.20. The zero-order valence-electron chi connectivity index (χ0n) is 15.3. The molecular weight excluding hydrogens is 332 g/mol. The fraction of sp³-hybridized carbons (Fsp3) is 0.250. The summed E-state index contributed by atoms with van der Waals surface area (Å²) in [6, 6.07) is 12.0. The minimum absolute atomic E-state index is 0.239. The quantitative estimate of drug-likeness (QED) is 0.806. The van der Waals surface area contributed by atoms with Crippen LogP contribution < -0.4 is 10.6 Å². The number of carbonyl (C=O) groups is 3. The predicted octanol–water partition coefficient (Wildman–Crippen LogP) is 3.45. The molecule has 2 rings (SSSR count). The zero-order chi connectivity index (χ0) is 19.3. The number of aryl methyl sites for hydroxylation is 2. The molecule has 0 radical (unpaired) electrons. The summed E-state index contributed by atoms with van der Waals surface area (Å²) in [5, 5.41) is 5.39. The van der Waals surface area contributed by atoms with Crippen molar-refractivity contribution in [2.75, 3.05) is 10.6 Å². The molecule has 0 spiro atoms. The van der Waals surface area contributed by atoms with Crippen molar-refractivity contribution in [1.29, 1.82) is 0 Å². The van der Waals surface area contributed by atoms with E-state index < -0.39 is 18.0 Å². The van der Waals surface area contributed by atoms with Crippen LogP contribution in [-0.2, 0) is 14.3 Å². The molecule has 1 atom stereocenters. The monoisotopic (exact) mass is 354 g/mol. The average molecular weight is 354 g/mol. The molecule has 26 heavy (non-hydrogen) atoms. The fourth-order valence-corrected chi connectivity index (χ4v) is 2.45. The van der Waals surface area contributed by atoms with Crippen LogP contribution in [-0.4, -0.2) is 23.9 Å². The lowest BCUT2D eigenvalue weighted by molar-refractivity contribution is -0.123. The molecule has 2 N–H and O–H groups in total. The van der Waals surface area contributed by atoms with Gasteiger partial charge in [0.1, 0.15) is 0 Å². The van der Waals surface area contributed by atoms with Crippen molar-refractivity contribution in [3.63, 3.8) is 0 Å². The number of nitrogens with one attached hydrogen (secondary N) is 2. The molecule has 136 valence electrons. The van der Waals surface area contributed by atoms with E-state index in [1.807, 2.05) is 32.0 Å². The van der Waals surface area contributed by atoms with Gasteiger partial charge in [0.2, 0.25) is 5.91 Å². The molecule has 2 amide bonds. The van der Waals surface area contributed by atoms with Crippen LogP contribution in [0.5, 0.6) is 0 Å². The van der Waals surface area contributed by atoms with E-state index in [1.165, 1.54) is 19.9 Å². The molecule has 2 aromatic rings. The minimum atomic E-state index is -0.967. The Hall–Kier alpha value is -3.15. The van der Waals surface area contributed by atoms with Crippen molar-refractivity contribution < 1.29 is 19.1 Å². The SMILES string of the molecule is CC(=O)Nc1cccc(C(=O)O[C@@H](C)C(=O)Nc2c(C)cccc2C)c1. The third-order valence-corrected chi connectivity index (χ3v) is 3.80. The molecule has 0 heterocycles. The maximum Gasteiger partial charge on any atom is 0.338 e. The van der Waals surface area contributed by atoms with Crippen LogP contribution in [0.2, 0.25) is 0 Å². The van der Waals surface area contributed by atoms with Crippen LogP contribution in [0.3, 0.4) is 0 Å². The molecule has 0 saturated heterocycles. The molecule has 0 aliphatic carbocycles. The van der Waals surface area contributed by atoms with E-state index in [0.29, 0.717) is 11.4 Å². The van der Waals surface area contributed by atoms with E-state index >= 15 is 0 Å². The van der Waals surface area contributed by atoms with Crippen molar-refractivity contribution >= 4 is 29.2 Å². The Morgan fingerprint density at radius 3 is 2.19 bits per heavy atom. The lowest BCUT2D eigenvalue weighted by Crippen LogP contribution is -2.30. The van der Waals surface area contributed by atoms with Crippen LogP contribution >= 0.6 is 0 Å². The Morgan fingerprint density at radius 2 is 1.58 bits per heavy atom. The summed E-state index contributed by atoms with van der Waals surface area (Å²) in [6.45, 7) is 6.68. The molecule has 0 saturated carbocycles. The lowest BCUT2D eigenvalue weighted by Gasteiger charge is -2.16. The first-order valence-corrected chi connectivity index (χ1v) is 8.23. The molecule has 0 bridgehead atoms. The number of para-hydroxylation sites is 1. The van der Waals surface area contributed by atoms with E-state index in [2.05, 4.69) is 10.6 Å². The van der Waals surface area contributed by atoms with Gasteiger partial charge in [-0.25, -0.2) is 4.79 Å². The van der Waals surface area contributed by atoms with Gasteiger partial charge < -0.3 is 15.4 Å². The van der Waals surface area contributed by atoms with E-state index in [0.717, 1.165) is 11.1 Å². The summed E-state index contributed by atoms with van der Waals surface area (Å²) in [7, 11) is 0. The van der Waals surface area contributed by atoms with Crippen LogP contribution in [0.25, 0.3) is 0 Å². The van der Waals surface area contributed by atoms with E-state index in [1.54, 1.807) is 18.2 Å². The first-order chi connectivity index (χ1) is 12.3. The molecule has 0 aliphatic heterocycles. The minimum Gasteiger partial charge on any atom is -0.449 e. The summed E-state index contributed by atoms with van der Waals surface area (Å²) in [5.74, 6) is -1.29. The number of benzene rings is 2. The average Bonchev–Trinajstić information content (AvgIpc) is 2.57. The second-order valence-corrected chi connectivity index (χ2v) is 6.07. The van der Waals surface area contributed by atoms with Gasteiger partial charge in [0, 0.05) is 18.3 Å². The van der Waals surface area contributed by atoms with E-state index in [9.17, 15) is 14.4 Å². The molecule has 0 aliphatic rings. The number of esters is 1. The largest absolute Gasteiger partial charge is 0.449 e. The Morgan fingerprint density at radius 1 is 0.962 bits per heavy atom. The first-order valence-electron chi connectivity index (χ1n) is 8.23. The third-order valence-electron chi connectivity index (χ3n) is 3.80. The van der Waals surface area contributed by atoms with Gasteiger partial charge in [-0.1, -0.05) is 24.3 Å². The number of ether oxygens (including phenoxy) is 1. The van der Waals surface area contributed by atoms with Crippen molar-refractivity contribution in [3.05, 3.63) is 59.2 Å². The maximum atomic E-state index is 12.4. The number of anilines is 2. The molecule has 6 heteroatoms. The van der Waals surface area contributed by atoms with Crippen LogP contribution in [0.4, 0.5) is 11.4 Å². The van der Waals surface area contributed by atoms with Crippen molar-refractivity contribution in [2.24, 2.45) is 0 Å². The normalized spacial score (nSPS) is 11.4. The second kappa shape index (κ2) is 8.29. The smallest absolute Gasteiger partial charge is 0.338 e. The maximum absolute atomic E-state index is 12.4. The topological polar surface area (TPSA) is 84.5 Å². The standard InChI is InChI=1S/C20H22N2O4/c1-12-7-5-8-13(2)18(12)22-19(24)14(3)26-20(25)16-9-6-10-17(11-16)21-15(4)23/h5-11,14H,1-4H3,(H,21,23)(H,22,24)/t14-/m0/s1. The van der Waals surface area contributed by atoms with Gasteiger partial charge in [0.15, 0.2) is 6.10 Å². The first kappa shape index (κ1) is 19.2. The van der Waals surface area contributed by atoms with E-state index in [-0.39, 0.29) is 11.5 Å². The van der Waals surface area contributed by atoms with Gasteiger partial charge in [0.05, 0.1) is 5.56 Å². The zero-order valence-corrected chi connectivity index (χ0v) is 15.3. The Labute approximate surface area is 152 Å². The van der Waals surface area contributed by atoms with Gasteiger partial charge >= 0.3 is 5.97 Å². The molecule has 0 fully saturated rings. The fourth-order valence-electron chi connectivity index (χ4n) is 2.45. The molecule has 2 aromatic carbocycles. The van der Waals surface area contributed by atoms with Gasteiger partial charge in [-0.2, -0.15) is 0 Å². The lowest BCUT2D eigenvalue weighted by atomic mass is 10.1. The molecule has 6 nitrogen and oxygen atoms in total.